The van der Waals surface area contributed by atoms with Gasteiger partial charge in [-0.1, -0.05) is 26.0 Å². The Morgan fingerprint density at radius 3 is 2.87 bits per heavy atom. The number of nitrogens with zero attached hydrogens (tertiary/aromatic N) is 1. The number of aromatic nitrogens is 2. The first-order valence-corrected chi connectivity index (χ1v) is 10.0. The molecule has 1 aromatic carbocycles. The Morgan fingerprint density at radius 2 is 2.07 bits per heavy atom. The molecule has 3 aromatic rings. The van der Waals surface area contributed by atoms with Crippen LogP contribution >= 0.6 is 0 Å². The first-order chi connectivity index (χ1) is 14.5. The van der Waals surface area contributed by atoms with Crippen LogP contribution in [0.3, 0.4) is 0 Å². The van der Waals surface area contributed by atoms with Crippen LogP contribution in [0.2, 0.25) is 0 Å². The highest BCUT2D eigenvalue weighted by Crippen LogP contribution is 2.28. The molecule has 2 aromatic heterocycles. The van der Waals surface area contributed by atoms with Crippen molar-refractivity contribution >= 4 is 17.7 Å². The van der Waals surface area contributed by atoms with E-state index in [1.165, 1.54) is 0 Å². The van der Waals surface area contributed by atoms with Gasteiger partial charge >= 0.3 is 6.09 Å². The third-order valence-corrected chi connectivity index (χ3v) is 4.83. The maximum Gasteiger partial charge on any atom is 0.411 e. The van der Waals surface area contributed by atoms with Crippen molar-refractivity contribution in [1.29, 1.82) is 0 Å². The van der Waals surface area contributed by atoms with Crippen LogP contribution < -0.4 is 10.6 Å². The molecular weight excluding hydrogens is 380 g/mol. The number of ether oxygens (including phenoxy) is 1. The summed E-state index contributed by atoms with van der Waals surface area (Å²) in [6, 6.07) is 13.2. The predicted molar refractivity (Wildman–Crippen MR) is 115 cm³/mol. The van der Waals surface area contributed by atoms with E-state index in [0.717, 1.165) is 34.6 Å². The smallest absolute Gasteiger partial charge is 0.411 e. The number of hydrogen-bond donors (Lipinski definition) is 3. The number of pyridine rings is 1. The molecule has 7 nitrogen and oxygen atoms in total. The van der Waals surface area contributed by atoms with E-state index in [9.17, 15) is 9.59 Å². The summed E-state index contributed by atoms with van der Waals surface area (Å²) in [5.74, 6) is 0.231. The molecule has 0 spiro atoms. The number of hydrogen-bond acceptors (Lipinski definition) is 4. The van der Waals surface area contributed by atoms with Crippen molar-refractivity contribution in [2.45, 2.75) is 20.3 Å². The van der Waals surface area contributed by atoms with Crippen molar-refractivity contribution in [3.8, 4) is 22.5 Å². The zero-order chi connectivity index (χ0) is 21.1. The van der Waals surface area contributed by atoms with Gasteiger partial charge in [0, 0.05) is 47.4 Å². The fraction of sp³-hybridized carbons (Fsp3) is 0.261. The average Bonchev–Trinajstić information content (AvgIpc) is 3.18. The second-order valence-electron chi connectivity index (χ2n) is 7.71. The van der Waals surface area contributed by atoms with Crippen molar-refractivity contribution in [2.75, 3.05) is 18.5 Å². The predicted octanol–water partition coefficient (Wildman–Crippen LogP) is 4.23. The molecule has 0 saturated carbocycles. The van der Waals surface area contributed by atoms with Crippen LogP contribution in [0.1, 0.15) is 29.9 Å². The van der Waals surface area contributed by atoms with E-state index in [0.29, 0.717) is 24.4 Å². The molecular formula is C23H24N4O3. The number of benzene rings is 1. The molecule has 1 aliphatic heterocycles. The number of carbonyl (C=O) groups excluding carboxylic acids is 2. The molecule has 0 bridgehead atoms. The Balaban J connectivity index is 1.56. The Labute approximate surface area is 174 Å². The van der Waals surface area contributed by atoms with Crippen LogP contribution in [0.4, 0.5) is 10.5 Å². The SMILES string of the molecule is CC(C)COC(=O)Nc1cccc(-c2cc(-c3cc4c([nH]3)CCNC4=O)ccn2)c1. The molecule has 0 fully saturated rings. The maximum atomic E-state index is 12.0. The minimum Gasteiger partial charge on any atom is -0.449 e. The molecule has 30 heavy (non-hydrogen) atoms. The summed E-state index contributed by atoms with van der Waals surface area (Å²) < 4.78 is 5.18. The maximum absolute atomic E-state index is 12.0. The summed E-state index contributed by atoms with van der Waals surface area (Å²) in [4.78, 5) is 31.8. The van der Waals surface area contributed by atoms with Crippen LogP contribution in [0.5, 0.6) is 0 Å². The lowest BCUT2D eigenvalue weighted by Crippen LogP contribution is -2.31. The lowest BCUT2D eigenvalue weighted by Gasteiger charge is -2.11. The van der Waals surface area contributed by atoms with Crippen molar-refractivity contribution < 1.29 is 14.3 Å². The van der Waals surface area contributed by atoms with Crippen molar-refractivity contribution in [3.63, 3.8) is 0 Å². The summed E-state index contributed by atoms with van der Waals surface area (Å²) in [7, 11) is 0. The molecule has 3 N–H and O–H groups in total. The van der Waals surface area contributed by atoms with Crippen LogP contribution in [0, 0.1) is 5.92 Å². The fourth-order valence-electron chi connectivity index (χ4n) is 3.36. The van der Waals surface area contributed by atoms with Crippen LogP contribution in [0.25, 0.3) is 22.5 Å². The number of anilines is 1. The highest BCUT2D eigenvalue weighted by Gasteiger charge is 2.20. The lowest BCUT2D eigenvalue weighted by atomic mass is 10.1. The highest BCUT2D eigenvalue weighted by atomic mass is 16.5. The molecule has 0 saturated heterocycles. The van der Waals surface area contributed by atoms with Gasteiger partial charge in [-0.2, -0.15) is 0 Å². The number of nitrogens with one attached hydrogen (secondary N) is 3. The van der Waals surface area contributed by atoms with E-state index in [1.807, 2.05) is 56.3 Å². The highest BCUT2D eigenvalue weighted by molar-refractivity contribution is 5.97. The number of fused-ring (bicyclic) bond motifs is 1. The molecule has 0 unspecified atom stereocenters. The minimum atomic E-state index is -0.474. The number of amides is 2. The standard InChI is InChI=1S/C23H24N4O3/c1-14(2)13-30-23(29)26-17-5-3-4-15(10-17)20-11-16(6-8-24-20)21-12-18-19(27-21)7-9-25-22(18)28/h3-6,8,10-12,14,27H,7,9,13H2,1-2H3,(H,25,28)(H,26,29). The third-order valence-electron chi connectivity index (χ3n) is 4.83. The Bertz CT molecular complexity index is 1090. The summed E-state index contributed by atoms with van der Waals surface area (Å²) >= 11 is 0. The molecule has 2 amide bonds. The van der Waals surface area contributed by atoms with E-state index in [-0.39, 0.29) is 11.8 Å². The van der Waals surface area contributed by atoms with Crippen molar-refractivity contribution in [1.82, 2.24) is 15.3 Å². The van der Waals surface area contributed by atoms with E-state index in [4.69, 9.17) is 4.74 Å². The Morgan fingerprint density at radius 1 is 1.20 bits per heavy atom. The zero-order valence-electron chi connectivity index (χ0n) is 17.0. The molecule has 0 aliphatic carbocycles. The van der Waals surface area contributed by atoms with Gasteiger partial charge < -0.3 is 15.0 Å². The van der Waals surface area contributed by atoms with Gasteiger partial charge in [0.1, 0.15) is 0 Å². The number of H-pyrrole nitrogens is 1. The van der Waals surface area contributed by atoms with Gasteiger partial charge in [0.05, 0.1) is 17.9 Å². The first kappa shape index (κ1) is 19.7. The average molecular weight is 404 g/mol. The molecule has 1 aliphatic rings. The van der Waals surface area contributed by atoms with E-state index < -0.39 is 6.09 Å². The van der Waals surface area contributed by atoms with Gasteiger partial charge in [0.2, 0.25) is 0 Å². The molecule has 4 rings (SSSR count). The molecule has 0 atom stereocenters. The minimum absolute atomic E-state index is 0.0452. The van der Waals surface area contributed by atoms with Gasteiger partial charge in [0.25, 0.3) is 5.91 Å². The first-order valence-electron chi connectivity index (χ1n) is 10.0. The largest absolute Gasteiger partial charge is 0.449 e. The molecule has 3 heterocycles. The number of aromatic amines is 1. The second-order valence-corrected chi connectivity index (χ2v) is 7.71. The van der Waals surface area contributed by atoms with E-state index in [1.54, 1.807) is 6.20 Å². The van der Waals surface area contributed by atoms with Crippen LogP contribution in [-0.2, 0) is 11.2 Å². The number of rotatable bonds is 5. The van der Waals surface area contributed by atoms with E-state index in [2.05, 4.69) is 20.6 Å². The van der Waals surface area contributed by atoms with Gasteiger partial charge in [-0.05, 0) is 36.2 Å². The van der Waals surface area contributed by atoms with Gasteiger partial charge in [0.15, 0.2) is 0 Å². The third kappa shape index (κ3) is 4.35. The fourth-order valence-corrected chi connectivity index (χ4v) is 3.36. The molecule has 154 valence electrons. The summed E-state index contributed by atoms with van der Waals surface area (Å²) in [6.07, 6.45) is 2.05. The Kier molecular flexibility index (Phi) is 5.52. The van der Waals surface area contributed by atoms with Gasteiger partial charge in [-0.15, -0.1) is 0 Å². The van der Waals surface area contributed by atoms with Gasteiger partial charge in [-0.3, -0.25) is 15.1 Å². The normalized spacial score (nSPS) is 13.0. The monoisotopic (exact) mass is 404 g/mol. The van der Waals surface area contributed by atoms with Crippen molar-refractivity contribution in [2.24, 2.45) is 5.92 Å². The topological polar surface area (TPSA) is 96.1 Å². The molecule has 0 radical (unpaired) electrons. The zero-order valence-corrected chi connectivity index (χ0v) is 17.0. The number of carbonyl (C=O) groups is 2. The second kappa shape index (κ2) is 8.41. The van der Waals surface area contributed by atoms with Crippen LogP contribution in [0.15, 0.2) is 48.7 Å². The summed E-state index contributed by atoms with van der Waals surface area (Å²) in [6.45, 7) is 4.99. The Hall–Kier alpha value is -3.61. The summed E-state index contributed by atoms with van der Waals surface area (Å²) in [5, 5.41) is 5.61. The molecule has 7 heteroatoms. The van der Waals surface area contributed by atoms with Gasteiger partial charge in [-0.25, -0.2) is 4.79 Å². The van der Waals surface area contributed by atoms with Crippen molar-refractivity contribution in [3.05, 3.63) is 59.9 Å². The lowest BCUT2D eigenvalue weighted by molar-refractivity contribution is 0.0946. The van der Waals surface area contributed by atoms with Crippen LogP contribution in [-0.4, -0.2) is 35.1 Å². The van der Waals surface area contributed by atoms with E-state index >= 15 is 0 Å². The summed E-state index contributed by atoms with van der Waals surface area (Å²) in [5.41, 5.74) is 5.75. The quantitative estimate of drug-likeness (QED) is 0.593.